The number of benzene rings is 1. The van der Waals surface area contributed by atoms with Gasteiger partial charge in [-0.25, -0.2) is 0 Å². The van der Waals surface area contributed by atoms with Crippen molar-refractivity contribution in [2.75, 3.05) is 20.7 Å². The zero-order valence-corrected chi connectivity index (χ0v) is 12.7. The predicted molar refractivity (Wildman–Crippen MR) is 81.4 cm³/mol. The average Bonchev–Trinajstić information content (AvgIpc) is 2.50. The first-order valence-corrected chi connectivity index (χ1v) is 8.12. The van der Waals surface area contributed by atoms with Gasteiger partial charge in [0.25, 0.3) is 0 Å². The second-order valence-electron chi connectivity index (χ2n) is 7.03. The molecule has 0 aromatic heterocycles. The maximum atomic E-state index is 5.51. The summed E-state index contributed by atoms with van der Waals surface area (Å²) in [5.74, 6) is 1.91. The van der Waals surface area contributed by atoms with Crippen LogP contribution in [0.5, 0.6) is 5.75 Å². The number of hydrogen-bond acceptors (Lipinski definition) is 2. The van der Waals surface area contributed by atoms with Crippen LogP contribution in [0.2, 0.25) is 0 Å². The van der Waals surface area contributed by atoms with Gasteiger partial charge in [-0.15, -0.1) is 0 Å². The first-order chi connectivity index (χ1) is 9.74. The van der Waals surface area contributed by atoms with Crippen LogP contribution < -0.4 is 4.74 Å². The highest BCUT2D eigenvalue weighted by Crippen LogP contribution is 2.55. The lowest BCUT2D eigenvalue weighted by Crippen LogP contribution is -2.59. The van der Waals surface area contributed by atoms with Crippen LogP contribution in [-0.4, -0.2) is 31.6 Å². The van der Waals surface area contributed by atoms with Gasteiger partial charge in [-0.05, 0) is 68.5 Å². The highest BCUT2D eigenvalue weighted by molar-refractivity contribution is 5.45. The predicted octanol–water partition coefficient (Wildman–Crippen LogP) is 3.38. The SMILES string of the molecule is COc1ccc2c(c1)C13CCCC[C@@H]1[C@H](C2)N(C)CC3. The Morgan fingerprint density at radius 3 is 3.00 bits per heavy atom. The highest BCUT2D eigenvalue weighted by atomic mass is 16.5. The van der Waals surface area contributed by atoms with E-state index in [1.165, 1.54) is 45.1 Å². The minimum atomic E-state index is 0.456. The maximum Gasteiger partial charge on any atom is 0.119 e. The largest absolute Gasteiger partial charge is 0.497 e. The fourth-order valence-corrected chi connectivity index (χ4v) is 5.30. The molecule has 2 heteroatoms. The van der Waals surface area contributed by atoms with Crippen LogP contribution in [0.15, 0.2) is 18.2 Å². The van der Waals surface area contributed by atoms with Crippen LogP contribution in [0.25, 0.3) is 0 Å². The van der Waals surface area contributed by atoms with E-state index in [2.05, 4.69) is 30.1 Å². The molecule has 0 amide bonds. The van der Waals surface area contributed by atoms with Crippen LogP contribution in [0.1, 0.15) is 43.2 Å². The Hall–Kier alpha value is -1.02. The molecule has 0 radical (unpaired) electrons. The number of hydrogen-bond donors (Lipinski definition) is 0. The molecule has 1 aliphatic heterocycles. The molecule has 2 aliphatic carbocycles. The van der Waals surface area contributed by atoms with E-state index in [1.54, 1.807) is 18.2 Å². The Morgan fingerprint density at radius 1 is 1.25 bits per heavy atom. The van der Waals surface area contributed by atoms with E-state index in [4.69, 9.17) is 4.74 Å². The summed E-state index contributed by atoms with van der Waals surface area (Å²) in [4.78, 5) is 2.63. The normalized spacial score (nSPS) is 36.1. The van der Waals surface area contributed by atoms with Crippen molar-refractivity contribution < 1.29 is 4.74 Å². The fourth-order valence-electron chi connectivity index (χ4n) is 5.30. The van der Waals surface area contributed by atoms with Crippen molar-refractivity contribution >= 4 is 0 Å². The second-order valence-corrected chi connectivity index (χ2v) is 7.03. The molecule has 2 nitrogen and oxygen atoms in total. The summed E-state index contributed by atoms with van der Waals surface area (Å²) in [6, 6.07) is 7.60. The molecule has 1 unspecified atom stereocenters. The van der Waals surface area contributed by atoms with E-state index in [9.17, 15) is 0 Å². The van der Waals surface area contributed by atoms with Gasteiger partial charge >= 0.3 is 0 Å². The average molecular weight is 271 g/mol. The summed E-state index contributed by atoms with van der Waals surface area (Å²) >= 11 is 0. The molecule has 2 bridgehead atoms. The fraction of sp³-hybridized carbons (Fsp3) is 0.667. The zero-order valence-electron chi connectivity index (χ0n) is 12.7. The Balaban J connectivity index is 1.88. The van der Waals surface area contributed by atoms with Crippen molar-refractivity contribution in [2.24, 2.45) is 5.92 Å². The molecule has 1 aromatic carbocycles. The Morgan fingerprint density at radius 2 is 2.15 bits per heavy atom. The van der Waals surface area contributed by atoms with E-state index < -0.39 is 0 Å². The number of likely N-dealkylation sites (tertiary alicyclic amines) is 1. The lowest BCUT2D eigenvalue weighted by Gasteiger charge is -2.58. The first kappa shape index (κ1) is 12.7. The van der Waals surface area contributed by atoms with E-state index in [1.807, 2.05) is 0 Å². The number of methoxy groups -OCH3 is 1. The van der Waals surface area contributed by atoms with Gasteiger partial charge in [-0.1, -0.05) is 18.9 Å². The summed E-state index contributed by atoms with van der Waals surface area (Å²) in [5, 5.41) is 0. The summed E-state index contributed by atoms with van der Waals surface area (Å²) < 4.78 is 5.51. The standard InChI is InChI=1S/C18H25NO/c1-19-10-9-18-8-4-3-5-15(18)17(19)11-13-6-7-14(20-2)12-16(13)18/h6-7,12,15,17H,3-5,8-11H2,1-2H3/t15-,17+,18?/m1/s1. The van der Waals surface area contributed by atoms with Crippen molar-refractivity contribution in [1.29, 1.82) is 0 Å². The van der Waals surface area contributed by atoms with Gasteiger partial charge in [-0.2, -0.15) is 0 Å². The van der Waals surface area contributed by atoms with Crippen molar-refractivity contribution in [3.8, 4) is 5.75 Å². The molecule has 2 fully saturated rings. The molecule has 108 valence electrons. The molecule has 3 aliphatic rings. The van der Waals surface area contributed by atoms with E-state index in [0.29, 0.717) is 5.41 Å². The van der Waals surface area contributed by atoms with E-state index in [0.717, 1.165) is 17.7 Å². The van der Waals surface area contributed by atoms with Gasteiger partial charge < -0.3 is 9.64 Å². The first-order valence-electron chi connectivity index (χ1n) is 8.12. The molecule has 1 heterocycles. The number of likely N-dealkylation sites (N-methyl/N-ethyl adjacent to an activating group) is 1. The summed E-state index contributed by atoms with van der Waals surface area (Å²) in [7, 11) is 4.12. The molecular weight excluding hydrogens is 246 g/mol. The molecule has 1 saturated heterocycles. The van der Waals surface area contributed by atoms with Crippen LogP contribution in [0.3, 0.4) is 0 Å². The quantitative estimate of drug-likeness (QED) is 0.776. The van der Waals surface area contributed by atoms with Gasteiger partial charge in [0.05, 0.1) is 7.11 Å². The minimum Gasteiger partial charge on any atom is -0.497 e. The third-order valence-corrected chi connectivity index (χ3v) is 6.32. The lowest BCUT2D eigenvalue weighted by atomic mass is 9.52. The van der Waals surface area contributed by atoms with Crippen LogP contribution in [0.4, 0.5) is 0 Å². The Kier molecular flexibility index (Phi) is 2.85. The van der Waals surface area contributed by atoms with Crippen molar-refractivity contribution in [3.63, 3.8) is 0 Å². The molecule has 4 rings (SSSR count). The molecule has 20 heavy (non-hydrogen) atoms. The molecule has 1 aromatic rings. The minimum absolute atomic E-state index is 0.456. The van der Waals surface area contributed by atoms with E-state index in [-0.39, 0.29) is 0 Å². The smallest absolute Gasteiger partial charge is 0.119 e. The molecule has 0 spiro atoms. The van der Waals surface area contributed by atoms with Crippen molar-refractivity contribution in [2.45, 2.75) is 50.0 Å². The lowest BCUT2D eigenvalue weighted by molar-refractivity contribution is 0.00274. The maximum absolute atomic E-state index is 5.51. The topological polar surface area (TPSA) is 12.5 Å². The number of ether oxygens (including phenoxy) is 1. The van der Waals surface area contributed by atoms with Gasteiger partial charge in [0.1, 0.15) is 5.75 Å². The molecular formula is C18H25NO. The third kappa shape index (κ3) is 1.60. The van der Waals surface area contributed by atoms with Crippen molar-refractivity contribution in [3.05, 3.63) is 29.3 Å². The van der Waals surface area contributed by atoms with Crippen LogP contribution >= 0.6 is 0 Å². The summed E-state index contributed by atoms with van der Waals surface area (Å²) in [6.07, 6.45) is 8.22. The van der Waals surface area contributed by atoms with Gasteiger partial charge in [0.2, 0.25) is 0 Å². The monoisotopic (exact) mass is 271 g/mol. The number of rotatable bonds is 1. The van der Waals surface area contributed by atoms with Crippen LogP contribution in [0, 0.1) is 5.92 Å². The summed E-state index contributed by atoms with van der Waals surface area (Å²) in [6.45, 7) is 1.26. The number of nitrogens with zero attached hydrogens (tertiary/aromatic N) is 1. The Labute approximate surface area is 122 Å². The number of piperidine rings is 1. The second kappa shape index (κ2) is 4.49. The van der Waals surface area contributed by atoms with E-state index >= 15 is 0 Å². The molecule has 3 atom stereocenters. The van der Waals surface area contributed by atoms with Gasteiger partial charge in [0, 0.05) is 11.5 Å². The van der Waals surface area contributed by atoms with Crippen molar-refractivity contribution in [1.82, 2.24) is 4.90 Å². The zero-order chi connectivity index (χ0) is 13.7. The van der Waals surface area contributed by atoms with Gasteiger partial charge in [-0.3, -0.25) is 0 Å². The molecule has 1 saturated carbocycles. The third-order valence-electron chi connectivity index (χ3n) is 6.32. The van der Waals surface area contributed by atoms with Crippen LogP contribution in [-0.2, 0) is 11.8 Å². The molecule has 0 N–H and O–H groups in total. The van der Waals surface area contributed by atoms with Gasteiger partial charge in [0.15, 0.2) is 0 Å². The summed E-state index contributed by atoms with van der Waals surface area (Å²) in [5.41, 5.74) is 3.67. The Bertz CT molecular complexity index is 526. The number of fused-ring (bicyclic) bond motifs is 1. The highest BCUT2D eigenvalue weighted by Gasteiger charge is 2.53.